The number of hydrogen-bond acceptors (Lipinski definition) is 6. The third-order valence-electron chi connectivity index (χ3n) is 4.04. The molecule has 9 heteroatoms. The second-order valence-corrected chi connectivity index (χ2v) is 5.48. The lowest BCUT2D eigenvalue weighted by Crippen LogP contribution is -2.56. The minimum atomic E-state index is -1.46. The highest BCUT2D eigenvalue weighted by atomic mass is 16.5. The summed E-state index contributed by atoms with van der Waals surface area (Å²) in [5, 5.41) is 19.0. The molecule has 124 valence electrons. The van der Waals surface area contributed by atoms with Gasteiger partial charge < -0.3 is 29.2 Å². The van der Waals surface area contributed by atoms with Gasteiger partial charge in [0, 0.05) is 19.9 Å². The molecule has 1 saturated heterocycles. The van der Waals surface area contributed by atoms with E-state index in [4.69, 9.17) is 14.6 Å². The number of fused-ring (bicyclic) bond motifs is 2. The summed E-state index contributed by atoms with van der Waals surface area (Å²) in [7, 11) is 1.55. The van der Waals surface area contributed by atoms with Gasteiger partial charge in [-0.15, -0.1) is 0 Å². The van der Waals surface area contributed by atoms with Crippen LogP contribution in [0.3, 0.4) is 0 Å². The van der Waals surface area contributed by atoms with E-state index in [2.05, 4.69) is 0 Å². The number of methoxy groups -OCH3 is 1. The number of aromatic carboxylic acids is 1. The number of amides is 1. The molecule has 0 radical (unpaired) electrons. The molecule has 2 atom stereocenters. The van der Waals surface area contributed by atoms with E-state index in [1.807, 2.05) is 0 Å². The first-order valence-corrected chi connectivity index (χ1v) is 7.09. The molecule has 3 heterocycles. The fraction of sp³-hybridized carbons (Fsp3) is 0.500. The van der Waals surface area contributed by atoms with E-state index in [9.17, 15) is 19.5 Å². The second-order valence-electron chi connectivity index (χ2n) is 5.48. The number of ether oxygens (including phenoxy) is 2. The molecule has 0 aliphatic carbocycles. The van der Waals surface area contributed by atoms with Crippen LogP contribution in [0.25, 0.3) is 0 Å². The van der Waals surface area contributed by atoms with Gasteiger partial charge in [0.1, 0.15) is 5.56 Å². The Labute approximate surface area is 130 Å². The molecule has 2 N–H and O–H groups in total. The number of carbonyl (C=O) groups is 2. The molecular formula is C14H16N2O7. The fourth-order valence-corrected chi connectivity index (χ4v) is 2.95. The highest BCUT2D eigenvalue weighted by Crippen LogP contribution is 2.28. The Morgan fingerprint density at radius 1 is 1.48 bits per heavy atom. The standard InChI is InChI=1S/C14H16N2O7/c1-22-6-7-2-3-16-9(23-7)5-15-4-8(14(20)21)11(17)12(18)10(15)13(16)19/h4,7,9,18H,2-3,5-6H2,1H3,(H,20,21)/t7-,9-/m0/s1. The van der Waals surface area contributed by atoms with Gasteiger partial charge in [0.2, 0.25) is 5.43 Å². The van der Waals surface area contributed by atoms with Crippen molar-refractivity contribution in [2.45, 2.75) is 25.3 Å². The van der Waals surface area contributed by atoms with Gasteiger partial charge in [-0.25, -0.2) is 4.79 Å². The lowest BCUT2D eigenvalue weighted by molar-refractivity contribution is -0.149. The maximum Gasteiger partial charge on any atom is 0.341 e. The molecular weight excluding hydrogens is 308 g/mol. The van der Waals surface area contributed by atoms with Gasteiger partial charge in [0.15, 0.2) is 17.7 Å². The fourth-order valence-electron chi connectivity index (χ4n) is 2.95. The molecule has 2 aliphatic heterocycles. The highest BCUT2D eigenvalue weighted by molar-refractivity contribution is 5.97. The number of aromatic hydroxyl groups is 1. The summed E-state index contributed by atoms with van der Waals surface area (Å²) < 4.78 is 12.1. The zero-order valence-electron chi connectivity index (χ0n) is 12.4. The van der Waals surface area contributed by atoms with E-state index in [0.717, 1.165) is 6.20 Å². The summed E-state index contributed by atoms with van der Waals surface area (Å²) in [6.45, 7) is 0.933. The van der Waals surface area contributed by atoms with E-state index in [-0.39, 0.29) is 18.3 Å². The van der Waals surface area contributed by atoms with Crippen LogP contribution in [0.4, 0.5) is 0 Å². The zero-order chi connectivity index (χ0) is 16.7. The number of aromatic nitrogens is 1. The Kier molecular flexibility index (Phi) is 3.82. The van der Waals surface area contributed by atoms with Gasteiger partial charge in [-0.3, -0.25) is 9.59 Å². The first-order chi connectivity index (χ1) is 10.9. The van der Waals surface area contributed by atoms with Crippen molar-refractivity contribution in [3.8, 4) is 5.75 Å². The maximum absolute atomic E-state index is 12.5. The van der Waals surface area contributed by atoms with E-state index in [1.165, 1.54) is 9.47 Å². The quantitative estimate of drug-likeness (QED) is 0.767. The van der Waals surface area contributed by atoms with E-state index in [1.54, 1.807) is 7.11 Å². The predicted octanol–water partition coefficient (Wildman–Crippen LogP) is -0.531. The van der Waals surface area contributed by atoms with Gasteiger partial charge in [-0.2, -0.15) is 0 Å². The average molecular weight is 324 g/mol. The van der Waals surface area contributed by atoms with Crippen LogP contribution in [0.5, 0.6) is 5.75 Å². The molecule has 3 rings (SSSR count). The van der Waals surface area contributed by atoms with E-state index in [0.29, 0.717) is 19.6 Å². The summed E-state index contributed by atoms with van der Waals surface area (Å²) >= 11 is 0. The average Bonchev–Trinajstić information content (AvgIpc) is 2.50. The van der Waals surface area contributed by atoms with Crippen LogP contribution in [-0.4, -0.2) is 64.1 Å². The molecule has 0 spiro atoms. The Morgan fingerprint density at radius 2 is 2.22 bits per heavy atom. The Hall–Kier alpha value is -2.39. The molecule has 0 bridgehead atoms. The topological polar surface area (TPSA) is 118 Å². The number of carboxylic acid groups (broad SMARTS) is 1. The largest absolute Gasteiger partial charge is 0.503 e. The van der Waals surface area contributed by atoms with Crippen molar-refractivity contribution in [3.05, 3.63) is 27.7 Å². The second kappa shape index (κ2) is 5.67. The SMILES string of the molecule is COC[C@@H]1CCN2C(=O)c3c(O)c(=O)c(C(=O)O)cn3C[C@@H]2O1. The number of rotatable bonds is 3. The molecule has 0 aromatic carbocycles. The molecule has 1 aromatic heterocycles. The zero-order valence-corrected chi connectivity index (χ0v) is 12.4. The number of pyridine rings is 1. The van der Waals surface area contributed by atoms with Crippen LogP contribution in [0, 0.1) is 0 Å². The van der Waals surface area contributed by atoms with Gasteiger partial charge in [0.25, 0.3) is 5.91 Å². The number of nitrogens with zero attached hydrogens (tertiary/aromatic N) is 2. The molecule has 9 nitrogen and oxygen atoms in total. The molecule has 1 amide bonds. The molecule has 23 heavy (non-hydrogen) atoms. The first-order valence-electron chi connectivity index (χ1n) is 7.09. The van der Waals surface area contributed by atoms with Crippen molar-refractivity contribution in [3.63, 3.8) is 0 Å². The van der Waals surface area contributed by atoms with Crippen molar-refractivity contribution >= 4 is 11.9 Å². The van der Waals surface area contributed by atoms with Gasteiger partial charge in [-0.05, 0) is 6.42 Å². The van der Waals surface area contributed by atoms with Crippen molar-refractivity contribution in [2.24, 2.45) is 0 Å². The maximum atomic E-state index is 12.5. The molecule has 0 saturated carbocycles. The minimum Gasteiger partial charge on any atom is -0.503 e. The lowest BCUT2D eigenvalue weighted by atomic mass is 10.1. The number of carbonyl (C=O) groups excluding carboxylic acids is 1. The molecule has 2 aliphatic rings. The van der Waals surface area contributed by atoms with Crippen molar-refractivity contribution in [2.75, 3.05) is 20.3 Å². The Balaban J connectivity index is 2.01. The first kappa shape index (κ1) is 15.5. The minimum absolute atomic E-state index is 0.134. The third kappa shape index (κ3) is 2.47. The smallest absolute Gasteiger partial charge is 0.341 e. The van der Waals surface area contributed by atoms with E-state index < -0.39 is 34.8 Å². The predicted molar refractivity (Wildman–Crippen MR) is 75.5 cm³/mol. The number of carboxylic acids is 1. The van der Waals surface area contributed by atoms with Crippen LogP contribution in [0.1, 0.15) is 27.3 Å². The van der Waals surface area contributed by atoms with E-state index >= 15 is 0 Å². The van der Waals surface area contributed by atoms with Crippen LogP contribution >= 0.6 is 0 Å². The Bertz CT molecular complexity index is 727. The van der Waals surface area contributed by atoms with Crippen LogP contribution < -0.4 is 5.43 Å². The lowest BCUT2D eigenvalue weighted by Gasteiger charge is -2.43. The van der Waals surface area contributed by atoms with Crippen molar-refractivity contribution in [1.82, 2.24) is 9.47 Å². The summed E-state index contributed by atoms with van der Waals surface area (Å²) in [5.74, 6) is -2.85. The highest BCUT2D eigenvalue weighted by Gasteiger charge is 2.40. The summed E-state index contributed by atoms with van der Waals surface area (Å²) in [6, 6.07) is 0. The normalized spacial score (nSPS) is 23.3. The summed E-state index contributed by atoms with van der Waals surface area (Å²) in [4.78, 5) is 36.9. The molecule has 1 fully saturated rings. The van der Waals surface area contributed by atoms with Crippen molar-refractivity contribution < 1.29 is 29.3 Å². The van der Waals surface area contributed by atoms with Crippen LogP contribution in [-0.2, 0) is 16.0 Å². The molecule has 1 aromatic rings. The number of hydrogen-bond donors (Lipinski definition) is 2. The van der Waals surface area contributed by atoms with Gasteiger partial charge >= 0.3 is 5.97 Å². The van der Waals surface area contributed by atoms with Gasteiger partial charge in [-0.1, -0.05) is 0 Å². The van der Waals surface area contributed by atoms with Crippen molar-refractivity contribution in [1.29, 1.82) is 0 Å². The van der Waals surface area contributed by atoms with Gasteiger partial charge in [0.05, 0.1) is 19.3 Å². The van der Waals surface area contributed by atoms with Crippen LogP contribution in [0.15, 0.2) is 11.0 Å². The summed E-state index contributed by atoms with van der Waals surface area (Å²) in [6.07, 6.45) is 0.891. The third-order valence-corrected chi connectivity index (χ3v) is 4.04. The Morgan fingerprint density at radius 3 is 2.87 bits per heavy atom. The van der Waals surface area contributed by atoms with Crippen LogP contribution in [0.2, 0.25) is 0 Å². The molecule has 0 unspecified atom stereocenters. The summed E-state index contributed by atoms with van der Waals surface area (Å²) in [5.41, 5.74) is -1.85. The monoisotopic (exact) mass is 324 g/mol.